The molecular formula is C41H48O8. The molecule has 260 valence electrons. The molecule has 0 aromatic heterocycles. The third kappa shape index (κ3) is 10.4. The van der Waals surface area contributed by atoms with Gasteiger partial charge in [-0.3, -0.25) is 0 Å². The highest BCUT2D eigenvalue weighted by atomic mass is 16.7. The normalized spacial score (nSPS) is 15.8. The van der Waals surface area contributed by atoms with Crippen LogP contribution in [0.4, 0.5) is 0 Å². The molecule has 3 aromatic rings. The maximum atomic E-state index is 12.0. The Bertz CT molecular complexity index is 1610. The van der Waals surface area contributed by atoms with E-state index >= 15 is 0 Å². The number of rotatable bonds is 17. The monoisotopic (exact) mass is 668 g/mol. The van der Waals surface area contributed by atoms with Gasteiger partial charge in [0.15, 0.2) is 11.5 Å². The van der Waals surface area contributed by atoms with Crippen molar-refractivity contribution in [1.82, 2.24) is 0 Å². The van der Waals surface area contributed by atoms with E-state index in [2.05, 4.69) is 81.6 Å². The number of carbonyl (C=O) groups is 2. The number of aryl methyl sites for hydroxylation is 1. The van der Waals surface area contributed by atoms with Gasteiger partial charge in [0.05, 0.1) is 24.4 Å². The molecule has 1 aliphatic carbocycles. The van der Waals surface area contributed by atoms with E-state index in [1.54, 1.807) is 12.1 Å². The van der Waals surface area contributed by atoms with Gasteiger partial charge in [0.1, 0.15) is 0 Å². The summed E-state index contributed by atoms with van der Waals surface area (Å²) in [5.41, 5.74) is 6.57. The molecule has 49 heavy (non-hydrogen) atoms. The van der Waals surface area contributed by atoms with Crippen LogP contribution in [0.3, 0.4) is 0 Å². The van der Waals surface area contributed by atoms with Crippen molar-refractivity contribution in [3.05, 3.63) is 108 Å². The van der Waals surface area contributed by atoms with Crippen LogP contribution in [0.1, 0.15) is 69.4 Å². The predicted molar refractivity (Wildman–Crippen MR) is 191 cm³/mol. The molecule has 0 amide bonds. The molecule has 0 saturated heterocycles. The summed E-state index contributed by atoms with van der Waals surface area (Å²) in [6.45, 7) is 9.12. The van der Waals surface area contributed by atoms with Crippen LogP contribution in [0.5, 0.6) is 11.5 Å². The van der Waals surface area contributed by atoms with E-state index < -0.39 is 38.7 Å². The SMILES string of the molecule is C=C(CO)C(=O)OCOc1ccc(-c2ccc(-c3ccc(C4CCC(CC/C=C/C)CC4)cc3)c(CC)c2)cc1OCOC(=O)C(=C)CO. The number of ether oxygens (including phenoxy) is 4. The second-order valence-corrected chi connectivity index (χ2v) is 12.3. The van der Waals surface area contributed by atoms with Crippen LogP contribution in [0.25, 0.3) is 22.3 Å². The molecular weight excluding hydrogens is 620 g/mol. The molecule has 0 bridgehead atoms. The maximum Gasteiger partial charge on any atom is 0.338 e. The molecule has 1 saturated carbocycles. The van der Waals surface area contributed by atoms with E-state index in [4.69, 9.17) is 29.2 Å². The van der Waals surface area contributed by atoms with E-state index in [9.17, 15) is 9.59 Å². The van der Waals surface area contributed by atoms with Gasteiger partial charge in [-0.05, 0) is 109 Å². The molecule has 1 aliphatic rings. The topological polar surface area (TPSA) is 112 Å². The summed E-state index contributed by atoms with van der Waals surface area (Å²) in [4.78, 5) is 23.8. The number of aliphatic hydroxyl groups excluding tert-OH is 2. The van der Waals surface area contributed by atoms with Crippen molar-refractivity contribution in [3.8, 4) is 33.8 Å². The number of benzene rings is 3. The Balaban J connectivity index is 1.49. The lowest BCUT2D eigenvalue weighted by Gasteiger charge is -2.28. The van der Waals surface area contributed by atoms with Gasteiger partial charge < -0.3 is 29.2 Å². The lowest BCUT2D eigenvalue weighted by atomic mass is 9.77. The molecule has 0 spiro atoms. The van der Waals surface area contributed by atoms with E-state index in [0.29, 0.717) is 5.92 Å². The lowest BCUT2D eigenvalue weighted by molar-refractivity contribution is -0.147. The minimum absolute atomic E-state index is 0.105. The highest BCUT2D eigenvalue weighted by Gasteiger charge is 2.22. The second-order valence-electron chi connectivity index (χ2n) is 12.3. The summed E-state index contributed by atoms with van der Waals surface area (Å²) in [6.07, 6.45) is 12.9. The van der Waals surface area contributed by atoms with Crippen LogP contribution in [-0.4, -0.2) is 49.0 Å². The second kappa shape index (κ2) is 18.8. The largest absolute Gasteiger partial charge is 0.453 e. The van der Waals surface area contributed by atoms with Crippen LogP contribution in [0.15, 0.2) is 97.1 Å². The first-order chi connectivity index (χ1) is 23.8. The van der Waals surface area contributed by atoms with E-state index in [0.717, 1.165) is 23.5 Å². The highest BCUT2D eigenvalue weighted by molar-refractivity contribution is 5.88. The fourth-order valence-electron chi connectivity index (χ4n) is 6.11. The number of hydrogen-bond donors (Lipinski definition) is 2. The Morgan fingerprint density at radius 2 is 1.35 bits per heavy atom. The van der Waals surface area contributed by atoms with Crippen molar-refractivity contribution in [2.24, 2.45) is 5.92 Å². The Labute approximate surface area is 289 Å². The van der Waals surface area contributed by atoms with Crippen molar-refractivity contribution in [2.75, 3.05) is 26.8 Å². The molecule has 0 radical (unpaired) electrons. The van der Waals surface area contributed by atoms with E-state index in [1.165, 1.54) is 60.8 Å². The number of esters is 2. The minimum Gasteiger partial charge on any atom is -0.453 e. The molecule has 0 unspecified atom stereocenters. The first-order valence-corrected chi connectivity index (χ1v) is 16.9. The van der Waals surface area contributed by atoms with Crippen LogP contribution >= 0.6 is 0 Å². The molecule has 4 rings (SSSR count). The fraction of sp³-hybridized carbons (Fsp3) is 0.366. The first-order valence-electron chi connectivity index (χ1n) is 16.9. The number of aliphatic hydroxyl groups is 2. The summed E-state index contributed by atoms with van der Waals surface area (Å²) in [5.74, 6) is 0.364. The van der Waals surface area contributed by atoms with Gasteiger partial charge in [-0.2, -0.15) is 0 Å². The third-order valence-electron chi connectivity index (χ3n) is 9.05. The minimum atomic E-state index is -0.795. The fourth-order valence-corrected chi connectivity index (χ4v) is 6.11. The summed E-state index contributed by atoms with van der Waals surface area (Å²) >= 11 is 0. The van der Waals surface area contributed by atoms with Crippen LogP contribution in [0, 0.1) is 5.92 Å². The molecule has 0 atom stereocenters. The van der Waals surface area contributed by atoms with Crippen LogP contribution < -0.4 is 9.47 Å². The first kappa shape index (κ1) is 37.2. The van der Waals surface area contributed by atoms with Crippen molar-refractivity contribution in [1.29, 1.82) is 0 Å². The molecule has 3 aromatic carbocycles. The smallest absolute Gasteiger partial charge is 0.338 e. The molecule has 0 aliphatic heterocycles. The quantitative estimate of drug-likeness (QED) is 0.0643. The predicted octanol–water partition coefficient (Wildman–Crippen LogP) is 8.07. The molecule has 8 heteroatoms. The molecule has 0 heterocycles. The van der Waals surface area contributed by atoms with Gasteiger partial charge in [-0.1, -0.05) is 80.8 Å². The van der Waals surface area contributed by atoms with Gasteiger partial charge in [-0.25, -0.2) is 9.59 Å². The Kier molecular flexibility index (Phi) is 14.2. The number of allylic oxidation sites excluding steroid dienone is 2. The van der Waals surface area contributed by atoms with Crippen molar-refractivity contribution in [3.63, 3.8) is 0 Å². The Morgan fingerprint density at radius 3 is 1.94 bits per heavy atom. The van der Waals surface area contributed by atoms with Crippen molar-refractivity contribution in [2.45, 2.75) is 64.7 Å². The van der Waals surface area contributed by atoms with Gasteiger partial charge >= 0.3 is 11.9 Å². The van der Waals surface area contributed by atoms with Crippen LogP contribution in [-0.2, 0) is 25.5 Å². The molecule has 1 fully saturated rings. The number of hydrogen-bond acceptors (Lipinski definition) is 8. The summed E-state index contributed by atoms with van der Waals surface area (Å²) in [6, 6.07) is 20.7. The van der Waals surface area contributed by atoms with Gasteiger partial charge in [-0.15, -0.1) is 0 Å². The number of carbonyl (C=O) groups excluding carboxylic acids is 2. The van der Waals surface area contributed by atoms with Gasteiger partial charge in [0, 0.05) is 0 Å². The van der Waals surface area contributed by atoms with Gasteiger partial charge in [0.25, 0.3) is 0 Å². The highest BCUT2D eigenvalue weighted by Crippen LogP contribution is 2.39. The average Bonchev–Trinajstić information content (AvgIpc) is 3.14. The Morgan fingerprint density at radius 1 is 0.776 bits per heavy atom. The maximum absolute atomic E-state index is 12.0. The zero-order valence-electron chi connectivity index (χ0n) is 28.6. The average molecular weight is 669 g/mol. The zero-order chi connectivity index (χ0) is 35.2. The summed E-state index contributed by atoms with van der Waals surface area (Å²) in [5, 5.41) is 18.2. The van der Waals surface area contributed by atoms with E-state index in [-0.39, 0.29) is 22.6 Å². The summed E-state index contributed by atoms with van der Waals surface area (Å²) < 4.78 is 21.4. The zero-order valence-corrected chi connectivity index (χ0v) is 28.6. The van der Waals surface area contributed by atoms with Crippen LogP contribution in [0.2, 0.25) is 0 Å². The third-order valence-corrected chi connectivity index (χ3v) is 9.05. The van der Waals surface area contributed by atoms with E-state index in [1.807, 2.05) is 6.07 Å². The molecule has 2 N–H and O–H groups in total. The Hall–Kier alpha value is -4.66. The van der Waals surface area contributed by atoms with Gasteiger partial charge in [0.2, 0.25) is 13.6 Å². The van der Waals surface area contributed by atoms with Crippen molar-refractivity contribution < 1.29 is 38.7 Å². The standard InChI is InChI=1S/C41H48O8/c1-5-7-8-9-30-10-12-32(13-11-30)33-14-16-34(17-15-33)37-20-18-35(22-31(37)6-2)36-19-21-38(46-26-48-40(44)28(3)24-42)39(23-36)47-27-49-41(45)29(4)25-43/h5,7,14-23,30,32,42-43H,3-4,6,8-13,24-27H2,1-2H3/b7-5+. The summed E-state index contributed by atoms with van der Waals surface area (Å²) in [7, 11) is 0. The van der Waals surface area contributed by atoms with Crippen molar-refractivity contribution >= 4 is 11.9 Å². The molecule has 8 nitrogen and oxygen atoms in total. The lowest BCUT2D eigenvalue weighted by Crippen LogP contribution is -2.15.